The molecular weight excluding hydrogens is 324 g/mol. The Labute approximate surface area is 155 Å². The average molecular weight is 355 g/mol. The molecule has 1 aromatic carbocycles. The molecule has 26 heavy (non-hydrogen) atoms. The minimum Gasteiger partial charge on any atom is -0.322 e. The molecule has 2 aliphatic rings. The van der Waals surface area contributed by atoms with Gasteiger partial charge in [0.25, 0.3) is 0 Å². The summed E-state index contributed by atoms with van der Waals surface area (Å²) >= 11 is 0. The van der Waals surface area contributed by atoms with Crippen LogP contribution in [0.25, 0.3) is 0 Å². The minimum atomic E-state index is 0.220. The number of benzene rings is 1. The Morgan fingerprint density at radius 1 is 1.12 bits per heavy atom. The number of rotatable bonds is 6. The van der Waals surface area contributed by atoms with Crippen molar-refractivity contribution in [3.63, 3.8) is 0 Å². The van der Waals surface area contributed by atoms with Gasteiger partial charge >= 0.3 is 0 Å². The van der Waals surface area contributed by atoms with E-state index in [1.54, 1.807) is 9.80 Å². The molecule has 2 aromatic rings. The molecule has 138 valence electrons. The second kappa shape index (κ2) is 8.10. The van der Waals surface area contributed by atoms with E-state index in [2.05, 4.69) is 57.1 Å². The second-order valence-corrected chi connectivity index (χ2v) is 7.66. The molecule has 2 N–H and O–H groups in total. The van der Waals surface area contributed by atoms with Crippen LogP contribution in [-0.4, -0.2) is 52.9 Å². The zero-order chi connectivity index (χ0) is 17.8. The molecule has 0 radical (unpaired) electrons. The molecule has 1 saturated heterocycles. The van der Waals surface area contributed by atoms with Gasteiger partial charge in [0.05, 0.1) is 12.6 Å². The molecule has 6 nitrogen and oxygen atoms in total. The van der Waals surface area contributed by atoms with Gasteiger partial charge < -0.3 is 9.80 Å². The Kier molecular flexibility index (Phi) is 5.41. The number of hydrogen-bond donors (Lipinski definition) is 2. The monoisotopic (exact) mass is 354 g/mol. The molecule has 4 rings (SSSR count). The van der Waals surface area contributed by atoms with Crippen molar-refractivity contribution >= 4 is 0 Å². The summed E-state index contributed by atoms with van der Waals surface area (Å²) in [5, 5.41) is 13.0. The van der Waals surface area contributed by atoms with Crippen LogP contribution in [0.15, 0.2) is 43.0 Å². The predicted octanol–water partition coefficient (Wildman–Crippen LogP) is -0.153. The highest BCUT2D eigenvalue weighted by Crippen LogP contribution is 2.31. The van der Waals surface area contributed by atoms with E-state index in [4.69, 9.17) is 0 Å². The van der Waals surface area contributed by atoms with Crippen molar-refractivity contribution in [2.75, 3.05) is 32.7 Å². The third kappa shape index (κ3) is 3.57. The van der Waals surface area contributed by atoms with Gasteiger partial charge in [0.2, 0.25) is 5.82 Å². The van der Waals surface area contributed by atoms with Crippen LogP contribution < -0.4 is 9.80 Å². The maximum Gasteiger partial charge on any atom is 0.214 e. The summed E-state index contributed by atoms with van der Waals surface area (Å²) in [6, 6.07) is 11.5. The van der Waals surface area contributed by atoms with Crippen molar-refractivity contribution in [3.8, 4) is 0 Å². The molecule has 0 amide bonds. The van der Waals surface area contributed by atoms with E-state index >= 15 is 0 Å². The van der Waals surface area contributed by atoms with Gasteiger partial charge in [-0.15, -0.1) is 5.10 Å². The van der Waals surface area contributed by atoms with E-state index in [0.29, 0.717) is 6.04 Å². The number of tetrazole rings is 1. The number of hydrogen-bond acceptors (Lipinski definition) is 3. The largest absolute Gasteiger partial charge is 0.322 e. The van der Waals surface area contributed by atoms with Crippen LogP contribution in [0.2, 0.25) is 0 Å². The van der Waals surface area contributed by atoms with Crippen molar-refractivity contribution in [3.05, 3.63) is 54.4 Å². The summed E-state index contributed by atoms with van der Waals surface area (Å²) in [6.07, 6.45) is 7.01. The van der Waals surface area contributed by atoms with E-state index in [9.17, 15) is 0 Å². The van der Waals surface area contributed by atoms with Crippen LogP contribution in [0, 0.1) is 0 Å². The lowest BCUT2D eigenvalue weighted by molar-refractivity contribution is -1.02. The SMILES string of the molecule is C=CC[NH+]1CC[NH+]([C@@H](c2ccccc2)c2nnnn2C2CCCC2)CC1. The van der Waals surface area contributed by atoms with E-state index in [1.165, 1.54) is 44.3 Å². The van der Waals surface area contributed by atoms with Crippen LogP contribution >= 0.6 is 0 Å². The maximum absolute atomic E-state index is 4.53. The lowest BCUT2D eigenvalue weighted by atomic mass is 10.0. The van der Waals surface area contributed by atoms with Gasteiger partial charge in [-0.05, 0) is 29.3 Å². The summed E-state index contributed by atoms with van der Waals surface area (Å²) in [5.41, 5.74) is 1.32. The molecular formula is C20H30N6+2. The fourth-order valence-electron chi connectivity index (χ4n) is 4.63. The summed E-state index contributed by atoms with van der Waals surface area (Å²) in [7, 11) is 0. The first kappa shape index (κ1) is 17.4. The van der Waals surface area contributed by atoms with Crippen LogP contribution in [-0.2, 0) is 0 Å². The Morgan fingerprint density at radius 2 is 1.85 bits per heavy atom. The minimum absolute atomic E-state index is 0.220. The number of nitrogens with one attached hydrogen (secondary N) is 2. The topological polar surface area (TPSA) is 52.5 Å². The number of piperazine rings is 1. The molecule has 0 unspecified atom stereocenters. The molecule has 1 aliphatic carbocycles. The normalized spacial score (nSPS) is 25.2. The first-order chi connectivity index (χ1) is 12.9. The van der Waals surface area contributed by atoms with Crippen LogP contribution in [0.1, 0.15) is 49.2 Å². The zero-order valence-corrected chi connectivity index (χ0v) is 15.5. The first-order valence-electron chi connectivity index (χ1n) is 9.98. The van der Waals surface area contributed by atoms with Crippen LogP contribution in [0.5, 0.6) is 0 Å². The molecule has 0 bridgehead atoms. The van der Waals surface area contributed by atoms with Crippen molar-refractivity contribution in [1.29, 1.82) is 0 Å². The number of aromatic nitrogens is 4. The van der Waals surface area contributed by atoms with Crippen LogP contribution in [0.4, 0.5) is 0 Å². The van der Waals surface area contributed by atoms with Gasteiger partial charge in [-0.3, -0.25) is 0 Å². The van der Waals surface area contributed by atoms with Gasteiger partial charge in [0.15, 0.2) is 6.04 Å². The second-order valence-electron chi connectivity index (χ2n) is 7.66. The van der Waals surface area contributed by atoms with Gasteiger partial charge in [0, 0.05) is 5.56 Å². The zero-order valence-electron chi connectivity index (χ0n) is 15.5. The van der Waals surface area contributed by atoms with Crippen molar-refractivity contribution in [2.45, 2.75) is 37.8 Å². The third-order valence-electron chi connectivity index (χ3n) is 6.02. The van der Waals surface area contributed by atoms with Crippen LogP contribution in [0.3, 0.4) is 0 Å². The molecule has 1 saturated carbocycles. The Morgan fingerprint density at radius 3 is 2.54 bits per heavy atom. The van der Waals surface area contributed by atoms with Crippen molar-refractivity contribution in [1.82, 2.24) is 20.2 Å². The first-order valence-corrected chi connectivity index (χ1v) is 9.98. The van der Waals surface area contributed by atoms with E-state index in [1.807, 2.05) is 6.08 Å². The Bertz CT molecular complexity index is 698. The molecule has 6 heteroatoms. The molecule has 0 spiro atoms. The quantitative estimate of drug-likeness (QED) is 0.710. The summed E-state index contributed by atoms with van der Waals surface area (Å²) in [4.78, 5) is 3.21. The molecule has 1 aliphatic heterocycles. The Hall–Kier alpha value is -2.05. The lowest BCUT2D eigenvalue weighted by Gasteiger charge is -2.34. The fraction of sp³-hybridized carbons (Fsp3) is 0.550. The fourth-order valence-corrected chi connectivity index (χ4v) is 4.63. The highest BCUT2D eigenvalue weighted by molar-refractivity contribution is 5.22. The lowest BCUT2D eigenvalue weighted by Crippen LogP contribution is -3.28. The van der Waals surface area contributed by atoms with Gasteiger partial charge in [0.1, 0.15) is 26.2 Å². The van der Waals surface area contributed by atoms with Crippen molar-refractivity contribution in [2.24, 2.45) is 0 Å². The number of quaternary nitrogens is 2. The van der Waals surface area contributed by atoms with Gasteiger partial charge in [-0.1, -0.05) is 49.8 Å². The van der Waals surface area contributed by atoms with Crippen molar-refractivity contribution < 1.29 is 9.80 Å². The highest BCUT2D eigenvalue weighted by atomic mass is 15.6. The van der Waals surface area contributed by atoms with E-state index < -0.39 is 0 Å². The summed E-state index contributed by atoms with van der Waals surface area (Å²) in [6.45, 7) is 9.58. The third-order valence-corrected chi connectivity index (χ3v) is 6.02. The molecule has 2 fully saturated rings. The smallest absolute Gasteiger partial charge is 0.214 e. The standard InChI is InChI=1S/C20H28N6/c1-2-12-24-13-15-25(16-14-24)19(17-8-4-3-5-9-17)20-21-22-23-26(20)18-10-6-7-11-18/h2-5,8-9,18-19H,1,6-7,10-16H2/p+2/t19-/m0/s1. The maximum atomic E-state index is 4.53. The van der Waals surface area contributed by atoms with E-state index in [-0.39, 0.29) is 6.04 Å². The number of nitrogens with zero attached hydrogens (tertiary/aromatic N) is 4. The molecule has 2 heterocycles. The molecule has 1 atom stereocenters. The van der Waals surface area contributed by atoms with Gasteiger partial charge in [-0.2, -0.15) is 0 Å². The van der Waals surface area contributed by atoms with Gasteiger partial charge in [-0.25, -0.2) is 4.68 Å². The van der Waals surface area contributed by atoms with E-state index in [0.717, 1.165) is 25.5 Å². The summed E-state index contributed by atoms with van der Waals surface area (Å²) in [5.74, 6) is 1.05. The summed E-state index contributed by atoms with van der Waals surface area (Å²) < 4.78 is 2.14. The molecule has 1 aromatic heterocycles. The average Bonchev–Trinajstić information content (AvgIpc) is 3.36. The predicted molar refractivity (Wildman–Crippen MR) is 100 cm³/mol. The highest BCUT2D eigenvalue weighted by Gasteiger charge is 2.36. The Balaban J connectivity index is 1.63.